The molecule has 1 aliphatic rings. The highest BCUT2D eigenvalue weighted by atomic mass is 19.1. The van der Waals surface area contributed by atoms with Crippen LogP contribution in [0.1, 0.15) is 41.1 Å². The molecule has 0 saturated heterocycles. The molecule has 5 heteroatoms. The number of hydrogen-bond donors (Lipinski definition) is 0. The van der Waals surface area contributed by atoms with Crippen LogP contribution in [0.3, 0.4) is 0 Å². The normalized spacial score (nSPS) is 14.3. The van der Waals surface area contributed by atoms with Gasteiger partial charge in [0, 0.05) is 6.20 Å². The molecule has 0 radical (unpaired) electrons. The quantitative estimate of drug-likeness (QED) is 0.799. The van der Waals surface area contributed by atoms with Crippen molar-refractivity contribution in [2.75, 3.05) is 7.11 Å². The minimum atomic E-state index is -0.703. The highest BCUT2D eigenvalue weighted by Gasteiger charge is 2.19. The second-order valence-corrected chi connectivity index (χ2v) is 5.30. The molecule has 0 spiro atoms. The van der Waals surface area contributed by atoms with Gasteiger partial charge in [0.2, 0.25) is 0 Å². The molecule has 0 bridgehead atoms. The summed E-state index contributed by atoms with van der Waals surface area (Å²) in [7, 11) is 1.23. The second kappa shape index (κ2) is 6.13. The van der Waals surface area contributed by atoms with Gasteiger partial charge in [-0.25, -0.2) is 14.2 Å². The van der Waals surface area contributed by atoms with Crippen molar-refractivity contribution < 1.29 is 18.7 Å². The lowest BCUT2D eigenvalue weighted by Crippen LogP contribution is -2.08. The number of rotatable bonds is 4. The van der Waals surface area contributed by atoms with E-state index in [1.807, 2.05) is 24.3 Å². The standard InChI is InChI=1S/C17H16FNO3/c1-21-17(20)13-9-15(18)16(19-10-13)22-14-7-5-12(6-8-14)11-3-2-4-11/h5-11H,2-4H2,1H3. The second-order valence-electron chi connectivity index (χ2n) is 5.30. The largest absolute Gasteiger partial charge is 0.465 e. The van der Waals surface area contributed by atoms with Crippen LogP contribution in [-0.2, 0) is 4.74 Å². The van der Waals surface area contributed by atoms with E-state index in [0.29, 0.717) is 11.7 Å². The average molecular weight is 301 g/mol. The summed E-state index contributed by atoms with van der Waals surface area (Å²) in [5, 5.41) is 0. The summed E-state index contributed by atoms with van der Waals surface area (Å²) < 4.78 is 23.8. The first-order valence-corrected chi connectivity index (χ1v) is 7.19. The third-order valence-electron chi connectivity index (χ3n) is 3.90. The molecule has 1 aromatic carbocycles. The van der Waals surface area contributed by atoms with Crippen molar-refractivity contribution in [3.63, 3.8) is 0 Å². The zero-order chi connectivity index (χ0) is 15.5. The maximum atomic E-state index is 13.9. The molecule has 3 rings (SSSR count). The van der Waals surface area contributed by atoms with Gasteiger partial charge in [-0.15, -0.1) is 0 Å². The van der Waals surface area contributed by atoms with E-state index in [1.54, 1.807) is 0 Å². The maximum absolute atomic E-state index is 13.9. The lowest BCUT2D eigenvalue weighted by Gasteiger charge is -2.25. The van der Waals surface area contributed by atoms with Gasteiger partial charge in [0.25, 0.3) is 5.88 Å². The van der Waals surface area contributed by atoms with Gasteiger partial charge in [-0.05, 0) is 42.5 Å². The van der Waals surface area contributed by atoms with Crippen LogP contribution >= 0.6 is 0 Å². The molecule has 0 unspecified atom stereocenters. The third-order valence-corrected chi connectivity index (χ3v) is 3.90. The molecule has 0 N–H and O–H groups in total. The summed E-state index contributed by atoms with van der Waals surface area (Å²) in [4.78, 5) is 15.1. The van der Waals surface area contributed by atoms with Gasteiger partial charge in [0.1, 0.15) is 5.75 Å². The molecule has 1 saturated carbocycles. The smallest absolute Gasteiger partial charge is 0.339 e. The topological polar surface area (TPSA) is 48.4 Å². The minimum absolute atomic E-state index is 0.0488. The van der Waals surface area contributed by atoms with Gasteiger partial charge >= 0.3 is 5.97 Å². The summed E-state index contributed by atoms with van der Waals surface area (Å²) >= 11 is 0. The van der Waals surface area contributed by atoms with Crippen molar-refractivity contribution in [1.82, 2.24) is 4.98 Å². The van der Waals surface area contributed by atoms with Crippen LogP contribution in [0.2, 0.25) is 0 Å². The number of ether oxygens (including phenoxy) is 2. The number of carbonyl (C=O) groups excluding carboxylic acids is 1. The summed E-state index contributed by atoms with van der Waals surface area (Å²) in [6.45, 7) is 0. The molecule has 4 nitrogen and oxygen atoms in total. The monoisotopic (exact) mass is 301 g/mol. The Balaban J connectivity index is 1.73. The third kappa shape index (κ3) is 2.93. The Hall–Kier alpha value is -2.43. The number of methoxy groups -OCH3 is 1. The number of halogens is 1. The van der Waals surface area contributed by atoms with Crippen LogP contribution in [0.25, 0.3) is 0 Å². The van der Waals surface area contributed by atoms with Gasteiger partial charge in [-0.2, -0.15) is 0 Å². The maximum Gasteiger partial charge on any atom is 0.339 e. The molecule has 0 amide bonds. The van der Waals surface area contributed by atoms with E-state index in [4.69, 9.17) is 4.74 Å². The van der Waals surface area contributed by atoms with E-state index < -0.39 is 11.8 Å². The van der Waals surface area contributed by atoms with E-state index in [1.165, 1.54) is 38.1 Å². The summed E-state index contributed by atoms with van der Waals surface area (Å²) in [6.07, 6.45) is 4.97. The number of carbonyl (C=O) groups is 1. The predicted octanol–water partition coefficient (Wildman–Crippen LogP) is 4.07. The Morgan fingerprint density at radius 3 is 2.55 bits per heavy atom. The van der Waals surface area contributed by atoms with Crippen LogP contribution in [0.5, 0.6) is 11.6 Å². The Morgan fingerprint density at radius 1 is 1.27 bits per heavy atom. The van der Waals surface area contributed by atoms with Crippen molar-refractivity contribution in [2.45, 2.75) is 25.2 Å². The molecular formula is C17H16FNO3. The number of hydrogen-bond acceptors (Lipinski definition) is 4. The van der Waals surface area contributed by atoms with Gasteiger partial charge in [0.15, 0.2) is 5.82 Å². The Morgan fingerprint density at radius 2 is 2.00 bits per heavy atom. The van der Waals surface area contributed by atoms with Crippen LogP contribution in [-0.4, -0.2) is 18.1 Å². The molecule has 1 fully saturated rings. The number of nitrogens with zero attached hydrogens (tertiary/aromatic N) is 1. The van der Waals surface area contributed by atoms with Crippen LogP contribution in [0, 0.1) is 5.82 Å². The van der Waals surface area contributed by atoms with E-state index in [2.05, 4.69) is 9.72 Å². The number of aromatic nitrogens is 1. The van der Waals surface area contributed by atoms with Crippen LogP contribution in [0.15, 0.2) is 36.5 Å². The van der Waals surface area contributed by atoms with Crippen LogP contribution < -0.4 is 4.74 Å². The lowest BCUT2D eigenvalue weighted by atomic mass is 9.80. The first kappa shape index (κ1) is 14.5. The molecule has 1 aliphatic carbocycles. The fourth-order valence-corrected chi connectivity index (χ4v) is 2.39. The van der Waals surface area contributed by atoms with E-state index in [9.17, 15) is 9.18 Å². The van der Waals surface area contributed by atoms with Gasteiger partial charge in [0.05, 0.1) is 12.7 Å². The minimum Gasteiger partial charge on any atom is -0.465 e. The Labute approximate surface area is 127 Å². The summed E-state index contributed by atoms with van der Waals surface area (Å²) in [5.74, 6) is -0.346. The predicted molar refractivity (Wildman–Crippen MR) is 78.6 cm³/mol. The number of pyridine rings is 1. The summed E-state index contributed by atoms with van der Waals surface area (Å²) in [5.41, 5.74) is 1.33. The Kier molecular flexibility index (Phi) is 4.04. The van der Waals surface area contributed by atoms with Gasteiger partial charge in [-0.1, -0.05) is 18.6 Å². The van der Waals surface area contributed by atoms with Crippen molar-refractivity contribution >= 4 is 5.97 Å². The Bertz CT molecular complexity index is 681. The molecule has 1 heterocycles. The fraction of sp³-hybridized carbons (Fsp3) is 0.294. The first-order valence-electron chi connectivity index (χ1n) is 7.19. The van der Waals surface area contributed by atoms with E-state index in [0.717, 1.165) is 6.07 Å². The highest BCUT2D eigenvalue weighted by molar-refractivity contribution is 5.88. The number of esters is 1. The zero-order valence-corrected chi connectivity index (χ0v) is 12.2. The van der Waals surface area contributed by atoms with E-state index in [-0.39, 0.29) is 11.4 Å². The molecule has 1 aromatic heterocycles. The average Bonchev–Trinajstić information content (AvgIpc) is 2.48. The molecular weight excluding hydrogens is 285 g/mol. The molecule has 114 valence electrons. The summed E-state index contributed by atoms with van der Waals surface area (Å²) in [6, 6.07) is 8.67. The first-order chi connectivity index (χ1) is 10.7. The van der Waals surface area contributed by atoms with E-state index >= 15 is 0 Å². The molecule has 22 heavy (non-hydrogen) atoms. The SMILES string of the molecule is COC(=O)c1cnc(Oc2ccc(C3CCC3)cc2)c(F)c1. The van der Waals surface area contributed by atoms with Crippen molar-refractivity contribution in [3.8, 4) is 11.6 Å². The molecule has 0 aliphatic heterocycles. The highest BCUT2D eigenvalue weighted by Crippen LogP contribution is 2.37. The van der Waals surface area contributed by atoms with Gasteiger partial charge in [-0.3, -0.25) is 0 Å². The van der Waals surface area contributed by atoms with Crippen molar-refractivity contribution in [1.29, 1.82) is 0 Å². The van der Waals surface area contributed by atoms with Crippen LogP contribution in [0.4, 0.5) is 4.39 Å². The lowest BCUT2D eigenvalue weighted by molar-refractivity contribution is 0.0599. The molecule has 0 atom stereocenters. The van der Waals surface area contributed by atoms with Gasteiger partial charge < -0.3 is 9.47 Å². The molecule has 2 aromatic rings. The van der Waals surface area contributed by atoms with Crippen molar-refractivity contribution in [2.24, 2.45) is 0 Å². The fourth-order valence-electron chi connectivity index (χ4n) is 2.39. The van der Waals surface area contributed by atoms with Crippen molar-refractivity contribution in [3.05, 3.63) is 53.5 Å². The zero-order valence-electron chi connectivity index (χ0n) is 12.2. The number of benzene rings is 1.